The standard InChI is InChI=1S/C18H20F2N4O2S/c1-10(25)22-13(18-11(19)3-2-4-12(18)20)7-17(26)24-6-5-15-14(9-24)23-16(8-21)27-15/h2-4,13H,5-9,21H2,1H3,(H,22,25). The minimum atomic E-state index is -1.08. The van der Waals surface area contributed by atoms with Gasteiger partial charge in [-0.2, -0.15) is 0 Å². The molecule has 0 spiro atoms. The largest absolute Gasteiger partial charge is 0.349 e. The van der Waals surface area contributed by atoms with Gasteiger partial charge in [0, 0.05) is 36.9 Å². The van der Waals surface area contributed by atoms with Crippen molar-refractivity contribution < 1.29 is 18.4 Å². The number of thiazole rings is 1. The van der Waals surface area contributed by atoms with Gasteiger partial charge in [-0.1, -0.05) is 6.07 Å². The van der Waals surface area contributed by atoms with Crippen LogP contribution in [0.1, 0.15) is 40.5 Å². The summed E-state index contributed by atoms with van der Waals surface area (Å²) in [5.74, 6) is -2.36. The Morgan fingerprint density at radius 3 is 2.70 bits per heavy atom. The van der Waals surface area contributed by atoms with E-state index in [2.05, 4.69) is 10.3 Å². The van der Waals surface area contributed by atoms with Crippen molar-refractivity contribution in [3.63, 3.8) is 0 Å². The second-order valence-electron chi connectivity index (χ2n) is 6.34. The molecule has 0 aliphatic carbocycles. The van der Waals surface area contributed by atoms with Crippen molar-refractivity contribution in [2.75, 3.05) is 6.54 Å². The molecule has 2 amide bonds. The van der Waals surface area contributed by atoms with Crippen LogP contribution in [0.5, 0.6) is 0 Å². The summed E-state index contributed by atoms with van der Waals surface area (Å²) in [5, 5.41) is 3.30. The van der Waals surface area contributed by atoms with Gasteiger partial charge in [-0.25, -0.2) is 13.8 Å². The molecule has 2 heterocycles. The van der Waals surface area contributed by atoms with Crippen molar-refractivity contribution in [3.8, 4) is 0 Å². The lowest BCUT2D eigenvalue weighted by molar-refractivity contribution is -0.133. The number of nitrogens with one attached hydrogen (secondary N) is 1. The van der Waals surface area contributed by atoms with Gasteiger partial charge >= 0.3 is 0 Å². The molecule has 27 heavy (non-hydrogen) atoms. The predicted octanol–water partition coefficient (Wildman–Crippen LogP) is 2.03. The summed E-state index contributed by atoms with van der Waals surface area (Å²) in [6.07, 6.45) is 0.429. The second kappa shape index (κ2) is 8.10. The highest BCUT2D eigenvalue weighted by Crippen LogP contribution is 2.28. The number of aromatic nitrogens is 1. The molecule has 0 fully saturated rings. The third-order valence-corrected chi connectivity index (χ3v) is 5.58. The fourth-order valence-corrected chi connectivity index (χ4v) is 4.12. The van der Waals surface area contributed by atoms with E-state index in [1.165, 1.54) is 13.0 Å². The zero-order chi connectivity index (χ0) is 19.6. The normalized spacial score (nSPS) is 14.6. The molecule has 9 heteroatoms. The van der Waals surface area contributed by atoms with E-state index in [1.54, 1.807) is 16.2 Å². The highest BCUT2D eigenvalue weighted by atomic mass is 32.1. The summed E-state index contributed by atoms with van der Waals surface area (Å²) in [6, 6.07) is 2.38. The lowest BCUT2D eigenvalue weighted by atomic mass is 10.0. The molecular weight excluding hydrogens is 374 g/mol. The Morgan fingerprint density at radius 2 is 2.07 bits per heavy atom. The van der Waals surface area contributed by atoms with Crippen LogP contribution in [0.3, 0.4) is 0 Å². The van der Waals surface area contributed by atoms with Gasteiger partial charge in [0.25, 0.3) is 0 Å². The molecule has 144 valence electrons. The summed E-state index contributed by atoms with van der Waals surface area (Å²) >= 11 is 1.54. The van der Waals surface area contributed by atoms with Crippen LogP contribution in [0.25, 0.3) is 0 Å². The van der Waals surface area contributed by atoms with Gasteiger partial charge < -0.3 is 16.0 Å². The van der Waals surface area contributed by atoms with Crippen molar-refractivity contribution in [1.29, 1.82) is 0 Å². The Bertz CT molecular complexity index is 851. The van der Waals surface area contributed by atoms with E-state index >= 15 is 0 Å². The van der Waals surface area contributed by atoms with Crippen LogP contribution < -0.4 is 11.1 Å². The van der Waals surface area contributed by atoms with Crippen LogP contribution in [0.4, 0.5) is 8.78 Å². The van der Waals surface area contributed by atoms with Gasteiger partial charge in [-0.15, -0.1) is 11.3 Å². The lowest BCUT2D eigenvalue weighted by Crippen LogP contribution is -2.39. The van der Waals surface area contributed by atoms with Gasteiger partial charge in [-0.3, -0.25) is 9.59 Å². The molecule has 1 aliphatic heterocycles. The molecule has 0 bridgehead atoms. The first kappa shape index (κ1) is 19.4. The van der Waals surface area contributed by atoms with E-state index in [4.69, 9.17) is 5.73 Å². The summed E-state index contributed by atoms with van der Waals surface area (Å²) in [4.78, 5) is 31.4. The van der Waals surface area contributed by atoms with E-state index in [1.807, 2.05) is 0 Å². The van der Waals surface area contributed by atoms with E-state index in [0.29, 0.717) is 26.1 Å². The predicted molar refractivity (Wildman–Crippen MR) is 96.7 cm³/mol. The number of benzene rings is 1. The molecule has 1 aromatic heterocycles. The summed E-state index contributed by atoms with van der Waals surface area (Å²) in [6.45, 7) is 2.41. The van der Waals surface area contributed by atoms with E-state index in [-0.39, 0.29) is 17.9 Å². The summed E-state index contributed by atoms with van der Waals surface area (Å²) < 4.78 is 28.3. The van der Waals surface area contributed by atoms with Crippen molar-refractivity contribution in [2.24, 2.45) is 5.73 Å². The molecule has 0 saturated heterocycles. The van der Waals surface area contributed by atoms with Crippen molar-refractivity contribution in [1.82, 2.24) is 15.2 Å². The van der Waals surface area contributed by atoms with E-state index in [0.717, 1.165) is 27.7 Å². The Morgan fingerprint density at radius 1 is 1.37 bits per heavy atom. The number of nitrogens with zero attached hydrogens (tertiary/aromatic N) is 2. The Hall–Kier alpha value is -2.39. The minimum absolute atomic E-state index is 0.235. The van der Waals surface area contributed by atoms with Gasteiger partial charge in [0.1, 0.15) is 16.6 Å². The van der Waals surface area contributed by atoms with Crippen LogP contribution >= 0.6 is 11.3 Å². The zero-order valence-electron chi connectivity index (χ0n) is 14.8. The summed E-state index contributed by atoms with van der Waals surface area (Å²) in [7, 11) is 0. The molecule has 1 unspecified atom stereocenters. The highest BCUT2D eigenvalue weighted by Gasteiger charge is 2.29. The Balaban J connectivity index is 1.78. The quantitative estimate of drug-likeness (QED) is 0.812. The Kier molecular flexibility index (Phi) is 5.81. The molecule has 1 atom stereocenters. The van der Waals surface area contributed by atoms with Crippen LogP contribution in [0.15, 0.2) is 18.2 Å². The molecule has 6 nitrogen and oxygen atoms in total. The number of halogens is 2. The number of carbonyl (C=O) groups excluding carboxylic acids is 2. The van der Waals surface area contributed by atoms with Gasteiger partial charge in [0.2, 0.25) is 11.8 Å². The first-order valence-corrected chi connectivity index (χ1v) is 9.37. The summed E-state index contributed by atoms with van der Waals surface area (Å²) in [5.41, 5.74) is 6.12. The molecule has 0 radical (unpaired) electrons. The minimum Gasteiger partial charge on any atom is -0.349 e. The maximum Gasteiger partial charge on any atom is 0.225 e. The first-order chi connectivity index (χ1) is 12.9. The third kappa shape index (κ3) is 4.30. The molecular formula is C18H20F2N4O2S. The van der Waals surface area contributed by atoms with Crippen LogP contribution in [-0.2, 0) is 29.1 Å². The second-order valence-corrected chi connectivity index (χ2v) is 7.51. The van der Waals surface area contributed by atoms with E-state index < -0.39 is 23.6 Å². The van der Waals surface area contributed by atoms with Crippen LogP contribution in [0.2, 0.25) is 0 Å². The molecule has 1 aliphatic rings. The fourth-order valence-electron chi connectivity index (χ4n) is 3.17. The number of rotatable bonds is 5. The van der Waals surface area contributed by atoms with Gasteiger partial charge in [0.05, 0.1) is 24.7 Å². The maximum atomic E-state index is 14.1. The SMILES string of the molecule is CC(=O)NC(CC(=O)N1CCc2sc(CN)nc2C1)c1c(F)cccc1F. The number of hydrogen-bond donors (Lipinski definition) is 2. The van der Waals surface area contributed by atoms with Crippen molar-refractivity contribution in [3.05, 3.63) is 51.0 Å². The monoisotopic (exact) mass is 394 g/mol. The average molecular weight is 394 g/mol. The fraction of sp³-hybridized carbons (Fsp3) is 0.389. The van der Waals surface area contributed by atoms with Gasteiger partial charge in [-0.05, 0) is 12.1 Å². The van der Waals surface area contributed by atoms with Crippen molar-refractivity contribution >= 4 is 23.2 Å². The molecule has 2 aromatic rings. The number of amides is 2. The van der Waals surface area contributed by atoms with E-state index in [9.17, 15) is 18.4 Å². The lowest BCUT2D eigenvalue weighted by Gasteiger charge is -2.28. The third-order valence-electron chi connectivity index (χ3n) is 4.40. The number of nitrogens with two attached hydrogens (primary N) is 1. The number of fused-ring (bicyclic) bond motifs is 1. The molecule has 0 saturated carbocycles. The first-order valence-electron chi connectivity index (χ1n) is 8.55. The molecule has 3 rings (SSSR count). The zero-order valence-corrected chi connectivity index (χ0v) is 15.6. The maximum absolute atomic E-state index is 14.1. The topological polar surface area (TPSA) is 88.3 Å². The smallest absolute Gasteiger partial charge is 0.225 e. The van der Waals surface area contributed by atoms with Crippen LogP contribution in [0, 0.1) is 11.6 Å². The van der Waals surface area contributed by atoms with Gasteiger partial charge in [0.15, 0.2) is 0 Å². The Labute approximate surface area is 159 Å². The van der Waals surface area contributed by atoms with Crippen LogP contribution in [-0.4, -0.2) is 28.2 Å². The average Bonchev–Trinajstić information content (AvgIpc) is 3.03. The number of carbonyl (C=O) groups is 2. The molecule has 1 aromatic carbocycles. The molecule has 3 N–H and O–H groups in total. The highest BCUT2D eigenvalue weighted by molar-refractivity contribution is 7.11. The van der Waals surface area contributed by atoms with Crippen molar-refractivity contribution in [2.45, 2.75) is 38.9 Å². The number of hydrogen-bond acceptors (Lipinski definition) is 5.